The third-order valence-corrected chi connectivity index (χ3v) is 3.65. The van der Waals surface area contributed by atoms with Crippen molar-refractivity contribution in [3.05, 3.63) is 23.7 Å². The zero-order valence-electron chi connectivity index (χ0n) is 9.00. The number of hydrogen-bond donors (Lipinski definition) is 1. The molecule has 0 aliphatic carbocycles. The minimum absolute atomic E-state index is 0.0312. The molecule has 0 atom stereocenters. The van der Waals surface area contributed by atoms with Crippen molar-refractivity contribution in [1.29, 1.82) is 0 Å². The van der Waals surface area contributed by atoms with E-state index in [1.165, 1.54) is 7.05 Å². The first kappa shape index (κ1) is 12.7. The molecule has 7 heteroatoms. The van der Waals surface area contributed by atoms with Crippen LogP contribution in [0, 0.1) is 6.92 Å². The van der Waals surface area contributed by atoms with Crippen molar-refractivity contribution in [2.24, 2.45) is 0 Å². The fraction of sp³-hybridized carbons (Fsp3) is 0.444. The van der Waals surface area contributed by atoms with Crippen molar-refractivity contribution < 1.29 is 22.7 Å². The first-order valence-electron chi connectivity index (χ1n) is 4.52. The SMILES string of the molecule is Cc1ccc(CN(C)S(=O)(=O)CC(=O)O)o1. The molecular weight excluding hydrogens is 234 g/mol. The molecule has 16 heavy (non-hydrogen) atoms. The summed E-state index contributed by atoms with van der Waals surface area (Å²) in [7, 11) is -2.46. The number of furan rings is 1. The number of carboxylic acids is 1. The van der Waals surface area contributed by atoms with Gasteiger partial charge in [-0.1, -0.05) is 0 Å². The Balaban J connectivity index is 2.72. The molecule has 1 heterocycles. The maximum Gasteiger partial charge on any atom is 0.320 e. The lowest BCUT2D eigenvalue weighted by Gasteiger charge is -2.13. The lowest BCUT2D eigenvalue weighted by molar-refractivity contribution is -0.134. The van der Waals surface area contributed by atoms with Crippen LogP contribution in [0.1, 0.15) is 11.5 Å². The van der Waals surface area contributed by atoms with Gasteiger partial charge in [0.1, 0.15) is 11.5 Å². The molecule has 1 aromatic heterocycles. The van der Waals surface area contributed by atoms with E-state index in [0.29, 0.717) is 11.5 Å². The van der Waals surface area contributed by atoms with E-state index in [2.05, 4.69) is 0 Å². The first-order chi connectivity index (χ1) is 7.31. The predicted octanol–water partition coefficient (Wildman–Crippen LogP) is 0.434. The second-order valence-corrected chi connectivity index (χ2v) is 5.49. The smallest absolute Gasteiger partial charge is 0.320 e. The summed E-state index contributed by atoms with van der Waals surface area (Å²) in [5, 5.41) is 8.44. The Kier molecular flexibility index (Phi) is 3.71. The summed E-state index contributed by atoms with van der Waals surface area (Å²) in [6.07, 6.45) is 0. The van der Waals surface area contributed by atoms with Gasteiger partial charge < -0.3 is 9.52 Å². The molecule has 0 aliphatic heterocycles. The molecule has 1 aromatic rings. The summed E-state index contributed by atoms with van der Waals surface area (Å²) in [6, 6.07) is 3.37. The van der Waals surface area contributed by atoms with Gasteiger partial charge in [-0.15, -0.1) is 0 Å². The van der Waals surface area contributed by atoms with Crippen molar-refractivity contribution in [1.82, 2.24) is 4.31 Å². The molecular formula is C9H13NO5S. The van der Waals surface area contributed by atoms with Crippen LogP contribution in [-0.2, 0) is 21.4 Å². The van der Waals surface area contributed by atoms with Crippen LogP contribution in [0.2, 0.25) is 0 Å². The van der Waals surface area contributed by atoms with Gasteiger partial charge in [0, 0.05) is 7.05 Å². The molecule has 0 bridgehead atoms. The number of aliphatic carboxylic acids is 1. The molecule has 0 spiro atoms. The molecule has 0 amide bonds. The summed E-state index contributed by atoms with van der Waals surface area (Å²) >= 11 is 0. The molecule has 0 fully saturated rings. The number of rotatable bonds is 5. The zero-order valence-corrected chi connectivity index (χ0v) is 9.82. The number of aryl methyl sites for hydroxylation is 1. The zero-order chi connectivity index (χ0) is 12.3. The number of nitrogens with zero attached hydrogens (tertiary/aromatic N) is 1. The summed E-state index contributed by atoms with van der Waals surface area (Å²) in [6.45, 7) is 1.78. The molecule has 0 saturated carbocycles. The van der Waals surface area contributed by atoms with Crippen LogP contribution in [0.15, 0.2) is 16.5 Å². The van der Waals surface area contributed by atoms with Gasteiger partial charge in [0.25, 0.3) is 0 Å². The Morgan fingerprint density at radius 3 is 2.56 bits per heavy atom. The highest BCUT2D eigenvalue weighted by Gasteiger charge is 2.22. The highest BCUT2D eigenvalue weighted by atomic mass is 32.2. The number of carboxylic acid groups (broad SMARTS) is 1. The van der Waals surface area contributed by atoms with Crippen molar-refractivity contribution in [2.75, 3.05) is 12.8 Å². The van der Waals surface area contributed by atoms with Gasteiger partial charge in [-0.25, -0.2) is 8.42 Å². The van der Waals surface area contributed by atoms with Crippen LogP contribution in [0.4, 0.5) is 0 Å². The largest absolute Gasteiger partial charge is 0.480 e. The summed E-state index contributed by atoms with van der Waals surface area (Å²) < 4.78 is 29.1. The van der Waals surface area contributed by atoms with Crippen LogP contribution in [-0.4, -0.2) is 36.6 Å². The lowest BCUT2D eigenvalue weighted by Crippen LogP contribution is -2.31. The van der Waals surface area contributed by atoms with E-state index in [0.717, 1.165) is 4.31 Å². The average molecular weight is 247 g/mol. The van der Waals surface area contributed by atoms with Crippen molar-refractivity contribution in [3.8, 4) is 0 Å². The summed E-state index contributed by atoms with van der Waals surface area (Å²) in [5.41, 5.74) is 0. The average Bonchev–Trinajstić information content (AvgIpc) is 2.48. The van der Waals surface area contributed by atoms with Gasteiger partial charge in [-0.3, -0.25) is 4.79 Å². The standard InChI is InChI=1S/C9H13NO5S/c1-7-3-4-8(15-7)5-10(2)16(13,14)6-9(11)12/h3-4H,5-6H2,1-2H3,(H,11,12). The second-order valence-electron chi connectivity index (χ2n) is 3.42. The second kappa shape index (κ2) is 4.67. The minimum atomic E-state index is -3.77. The molecule has 0 aromatic carbocycles. The Bertz CT molecular complexity index is 476. The van der Waals surface area contributed by atoms with Gasteiger partial charge >= 0.3 is 5.97 Å². The predicted molar refractivity (Wildman–Crippen MR) is 56.3 cm³/mol. The highest BCUT2D eigenvalue weighted by molar-refractivity contribution is 7.89. The maximum absolute atomic E-state index is 11.5. The highest BCUT2D eigenvalue weighted by Crippen LogP contribution is 2.11. The van der Waals surface area contributed by atoms with E-state index in [1.807, 2.05) is 0 Å². The first-order valence-corrected chi connectivity index (χ1v) is 6.13. The van der Waals surface area contributed by atoms with E-state index in [4.69, 9.17) is 9.52 Å². The monoisotopic (exact) mass is 247 g/mol. The Morgan fingerprint density at radius 2 is 2.12 bits per heavy atom. The topological polar surface area (TPSA) is 87.8 Å². The van der Waals surface area contributed by atoms with Crippen molar-refractivity contribution in [3.63, 3.8) is 0 Å². The molecule has 90 valence electrons. The van der Waals surface area contributed by atoms with Crippen molar-refractivity contribution >= 4 is 16.0 Å². The van der Waals surface area contributed by atoms with Gasteiger partial charge in [-0.2, -0.15) is 4.31 Å². The molecule has 1 N–H and O–H groups in total. The van der Waals surface area contributed by atoms with Gasteiger partial charge in [0.05, 0.1) is 6.54 Å². The number of sulfonamides is 1. The van der Waals surface area contributed by atoms with Gasteiger partial charge in [0.15, 0.2) is 5.75 Å². The van der Waals surface area contributed by atoms with Crippen LogP contribution < -0.4 is 0 Å². The van der Waals surface area contributed by atoms with Gasteiger partial charge in [0.2, 0.25) is 10.0 Å². The molecule has 0 saturated heterocycles. The van der Waals surface area contributed by atoms with Crippen LogP contribution in [0.5, 0.6) is 0 Å². The van der Waals surface area contributed by atoms with Gasteiger partial charge in [-0.05, 0) is 19.1 Å². The number of hydrogen-bond acceptors (Lipinski definition) is 4. The normalized spacial score (nSPS) is 11.9. The Hall–Kier alpha value is -1.34. The Morgan fingerprint density at radius 1 is 1.50 bits per heavy atom. The molecule has 0 unspecified atom stereocenters. The third-order valence-electron chi connectivity index (χ3n) is 1.96. The molecule has 1 rings (SSSR count). The van der Waals surface area contributed by atoms with E-state index in [-0.39, 0.29) is 6.54 Å². The van der Waals surface area contributed by atoms with E-state index in [9.17, 15) is 13.2 Å². The quantitative estimate of drug-likeness (QED) is 0.815. The summed E-state index contributed by atoms with van der Waals surface area (Å²) in [5.74, 6) is -1.13. The van der Waals surface area contributed by atoms with Crippen LogP contribution in [0.3, 0.4) is 0 Å². The fourth-order valence-electron chi connectivity index (χ4n) is 1.15. The summed E-state index contributed by atoms with van der Waals surface area (Å²) in [4.78, 5) is 10.3. The van der Waals surface area contributed by atoms with Crippen LogP contribution in [0.25, 0.3) is 0 Å². The Labute approximate surface area is 93.5 Å². The van der Waals surface area contributed by atoms with Crippen molar-refractivity contribution in [2.45, 2.75) is 13.5 Å². The van der Waals surface area contributed by atoms with Crippen LogP contribution >= 0.6 is 0 Å². The van der Waals surface area contributed by atoms with E-state index < -0.39 is 21.7 Å². The maximum atomic E-state index is 11.5. The molecule has 0 aliphatic rings. The lowest BCUT2D eigenvalue weighted by atomic mass is 10.4. The number of carbonyl (C=O) groups is 1. The fourth-order valence-corrected chi connectivity index (χ4v) is 2.01. The van der Waals surface area contributed by atoms with E-state index >= 15 is 0 Å². The minimum Gasteiger partial charge on any atom is -0.480 e. The molecule has 0 radical (unpaired) electrons. The van der Waals surface area contributed by atoms with E-state index in [1.54, 1.807) is 19.1 Å². The third kappa shape index (κ3) is 3.35. The molecule has 6 nitrogen and oxygen atoms in total.